The summed E-state index contributed by atoms with van der Waals surface area (Å²) < 4.78 is 0. The molecule has 3 heteroatoms. The SMILES string of the molecule is C=C(C)c1nc2ccccc2c(=O)[nH]1. The average Bonchev–Trinajstić information content (AvgIpc) is 2.17. The molecule has 1 aromatic carbocycles. The Balaban J connectivity index is 2.86. The van der Waals surface area contributed by atoms with Gasteiger partial charge in [0.1, 0.15) is 5.82 Å². The van der Waals surface area contributed by atoms with Gasteiger partial charge >= 0.3 is 0 Å². The normalized spacial score (nSPS) is 10.4. The zero-order valence-electron chi connectivity index (χ0n) is 7.87. The predicted molar refractivity (Wildman–Crippen MR) is 57.1 cm³/mol. The van der Waals surface area contributed by atoms with Crippen LogP contribution in [0.4, 0.5) is 0 Å². The van der Waals surface area contributed by atoms with Gasteiger partial charge in [0.05, 0.1) is 10.9 Å². The number of H-pyrrole nitrogens is 1. The number of aromatic amines is 1. The first kappa shape index (κ1) is 8.69. The third-order valence-electron chi connectivity index (χ3n) is 2.02. The molecule has 0 amide bonds. The van der Waals surface area contributed by atoms with E-state index in [1.165, 1.54) is 0 Å². The number of hydrogen-bond donors (Lipinski definition) is 1. The van der Waals surface area contributed by atoms with E-state index in [4.69, 9.17) is 0 Å². The van der Waals surface area contributed by atoms with Crippen molar-refractivity contribution in [3.05, 3.63) is 47.0 Å². The van der Waals surface area contributed by atoms with Gasteiger partial charge in [-0.15, -0.1) is 0 Å². The molecular weight excluding hydrogens is 176 g/mol. The maximum absolute atomic E-state index is 11.6. The number of benzene rings is 1. The average molecular weight is 186 g/mol. The fourth-order valence-electron chi connectivity index (χ4n) is 1.29. The van der Waals surface area contributed by atoms with E-state index in [9.17, 15) is 4.79 Å². The first-order valence-corrected chi connectivity index (χ1v) is 4.33. The summed E-state index contributed by atoms with van der Waals surface area (Å²) >= 11 is 0. The van der Waals surface area contributed by atoms with Gasteiger partial charge in [-0.25, -0.2) is 4.98 Å². The Bertz CT molecular complexity index is 554. The monoisotopic (exact) mass is 186 g/mol. The van der Waals surface area contributed by atoms with Gasteiger partial charge in [0.2, 0.25) is 0 Å². The van der Waals surface area contributed by atoms with Crippen LogP contribution in [0.3, 0.4) is 0 Å². The summed E-state index contributed by atoms with van der Waals surface area (Å²) in [6, 6.07) is 7.25. The van der Waals surface area contributed by atoms with Crippen LogP contribution in [0, 0.1) is 0 Å². The molecule has 14 heavy (non-hydrogen) atoms. The third-order valence-corrected chi connectivity index (χ3v) is 2.02. The Morgan fingerprint density at radius 3 is 2.86 bits per heavy atom. The Kier molecular flexibility index (Phi) is 1.93. The molecule has 0 fully saturated rings. The van der Waals surface area contributed by atoms with Gasteiger partial charge in [-0.05, 0) is 24.6 Å². The third kappa shape index (κ3) is 1.33. The Labute approximate surface area is 81.1 Å². The van der Waals surface area contributed by atoms with E-state index in [0.717, 1.165) is 5.57 Å². The molecule has 0 aliphatic carbocycles. The lowest BCUT2D eigenvalue weighted by Gasteiger charge is -2.00. The Morgan fingerprint density at radius 2 is 2.14 bits per heavy atom. The maximum atomic E-state index is 11.6. The summed E-state index contributed by atoms with van der Waals surface area (Å²) in [4.78, 5) is 18.5. The van der Waals surface area contributed by atoms with Crippen molar-refractivity contribution in [2.45, 2.75) is 6.92 Å². The van der Waals surface area contributed by atoms with Gasteiger partial charge in [0.15, 0.2) is 0 Å². The first-order chi connectivity index (χ1) is 6.68. The van der Waals surface area contributed by atoms with Crippen LogP contribution in [0.25, 0.3) is 16.5 Å². The van der Waals surface area contributed by atoms with Crippen molar-refractivity contribution in [1.29, 1.82) is 0 Å². The second-order valence-corrected chi connectivity index (χ2v) is 3.21. The van der Waals surface area contributed by atoms with Crippen molar-refractivity contribution >= 4 is 16.5 Å². The van der Waals surface area contributed by atoms with Crippen molar-refractivity contribution in [3.8, 4) is 0 Å². The van der Waals surface area contributed by atoms with Crippen molar-refractivity contribution in [3.63, 3.8) is 0 Å². The minimum absolute atomic E-state index is 0.117. The molecule has 0 saturated heterocycles. The van der Waals surface area contributed by atoms with Crippen LogP contribution in [-0.2, 0) is 0 Å². The number of nitrogens with one attached hydrogen (secondary N) is 1. The molecule has 2 aromatic rings. The van der Waals surface area contributed by atoms with Gasteiger partial charge < -0.3 is 4.98 Å². The van der Waals surface area contributed by atoms with Gasteiger partial charge in [0.25, 0.3) is 5.56 Å². The van der Waals surface area contributed by atoms with E-state index < -0.39 is 0 Å². The molecule has 70 valence electrons. The van der Waals surface area contributed by atoms with Crippen molar-refractivity contribution < 1.29 is 0 Å². The minimum atomic E-state index is -0.117. The van der Waals surface area contributed by atoms with Crippen LogP contribution in [0.2, 0.25) is 0 Å². The Hall–Kier alpha value is -1.90. The molecule has 0 saturated carbocycles. The quantitative estimate of drug-likeness (QED) is 0.739. The van der Waals surface area contributed by atoms with Crippen LogP contribution in [0.15, 0.2) is 35.6 Å². The van der Waals surface area contributed by atoms with Crippen molar-refractivity contribution in [2.24, 2.45) is 0 Å². The molecule has 2 rings (SSSR count). The number of aromatic nitrogens is 2. The maximum Gasteiger partial charge on any atom is 0.259 e. The van der Waals surface area contributed by atoms with Crippen LogP contribution in [0.5, 0.6) is 0 Å². The number of para-hydroxylation sites is 1. The standard InChI is InChI=1S/C11H10N2O/c1-7(2)10-12-9-6-4-3-5-8(9)11(14)13-10/h3-6H,1H2,2H3,(H,12,13,14). The lowest BCUT2D eigenvalue weighted by atomic mass is 10.2. The molecule has 0 aliphatic rings. The minimum Gasteiger partial charge on any atom is -0.306 e. The number of nitrogens with zero attached hydrogens (tertiary/aromatic N) is 1. The smallest absolute Gasteiger partial charge is 0.259 e. The lowest BCUT2D eigenvalue weighted by molar-refractivity contribution is 1.12. The summed E-state index contributed by atoms with van der Waals surface area (Å²) in [7, 11) is 0. The molecular formula is C11H10N2O. The molecule has 0 bridgehead atoms. The second kappa shape index (κ2) is 3.10. The molecule has 0 radical (unpaired) electrons. The Morgan fingerprint density at radius 1 is 1.43 bits per heavy atom. The largest absolute Gasteiger partial charge is 0.306 e. The second-order valence-electron chi connectivity index (χ2n) is 3.21. The lowest BCUT2D eigenvalue weighted by Crippen LogP contribution is -2.10. The molecule has 0 aliphatic heterocycles. The topological polar surface area (TPSA) is 45.8 Å². The van der Waals surface area contributed by atoms with Gasteiger partial charge in [0, 0.05) is 0 Å². The van der Waals surface area contributed by atoms with E-state index in [-0.39, 0.29) is 5.56 Å². The number of rotatable bonds is 1. The number of fused-ring (bicyclic) bond motifs is 1. The zero-order chi connectivity index (χ0) is 10.1. The summed E-state index contributed by atoms with van der Waals surface area (Å²) in [5.41, 5.74) is 1.34. The zero-order valence-corrected chi connectivity index (χ0v) is 7.87. The van der Waals surface area contributed by atoms with E-state index in [0.29, 0.717) is 16.7 Å². The molecule has 3 nitrogen and oxygen atoms in total. The fraction of sp³-hybridized carbons (Fsp3) is 0.0909. The summed E-state index contributed by atoms with van der Waals surface area (Å²) in [6.07, 6.45) is 0. The molecule has 1 N–H and O–H groups in total. The van der Waals surface area contributed by atoms with Gasteiger partial charge in [-0.1, -0.05) is 18.7 Å². The summed E-state index contributed by atoms with van der Waals surface area (Å²) in [6.45, 7) is 5.55. The first-order valence-electron chi connectivity index (χ1n) is 4.33. The van der Waals surface area contributed by atoms with E-state index >= 15 is 0 Å². The highest BCUT2D eigenvalue weighted by molar-refractivity contribution is 5.78. The van der Waals surface area contributed by atoms with Gasteiger partial charge in [-0.2, -0.15) is 0 Å². The molecule has 0 spiro atoms. The van der Waals surface area contributed by atoms with Crippen molar-refractivity contribution in [1.82, 2.24) is 9.97 Å². The summed E-state index contributed by atoms with van der Waals surface area (Å²) in [5, 5.41) is 0.609. The van der Waals surface area contributed by atoms with E-state index in [1.807, 2.05) is 25.1 Å². The number of hydrogen-bond acceptors (Lipinski definition) is 2. The molecule has 1 heterocycles. The molecule has 0 unspecified atom stereocenters. The highest BCUT2D eigenvalue weighted by Gasteiger charge is 2.02. The highest BCUT2D eigenvalue weighted by Crippen LogP contribution is 2.09. The number of allylic oxidation sites excluding steroid dienone is 1. The van der Waals surface area contributed by atoms with Crippen LogP contribution in [0.1, 0.15) is 12.7 Å². The van der Waals surface area contributed by atoms with Crippen LogP contribution in [-0.4, -0.2) is 9.97 Å². The highest BCUT2D eigenvalue weighted by atomic mass is 16.1. The van der Waals surface area contributed by atoms with Crippen molar-refractivity contribution in [2.75, 3.05) is 0 Å². The molecule has 0 atom stereocenters. The van der Waals surface area contributed by atoms with E-state index in [1.54, 1.807) is 6.07 Å². The van der Waals surface area contributed by atoms with E-state index in [2.05, 4.69) is 16.5 Å². The van der Waals surface area contributed by atoms with Gasteiger partial charge in [-0.3, -0.25) is 4.79 Å². The predicted octanol–water partition coefficient (Wildman–Crippen LogP) is 1.96. The molecule has 1 aromatic heterocycles. The fourth-order valence-corrected chi connectivity index (χ4v) is 1.29. The van der Waals surface area contributed by atoms with Crippen LogP contribution < -0.4 is 5.56 Å². The van der Waals surface area contributed by atoms with Crippen LogP contribution >= 0.6 is 0 Å². The summed E-state index contributed by atoms with van der Waals surface area (Å²) in [5.74, 6) is 0.550.